The quantitative estimate of drug-likeness (QED) is 0.722. The van der Waals surface area contributed by atoms with Gasteiger partial charge in [0, 0.05) is 28.7 Å². The van der Waals surface area contributed by atoms with Crippen molar-refractivity contribution in [1.82, 2.24) is 0 Å². The highest BCUT2D eigenvalue weighted by Crippen LogP contribution is 2.22. The molecule has 2 rings (SSSR count). The van der Waals surface area contributed by atoms with Crippen LogP contribution in [0.25, 0.3) is 0 Å². The maximum Gasteiger partial charge on any atom is 0.494 e. The number of benzene rings is 1. The first-order valence-corrected chi connectivity index (χ1v) is 5.91. The molecule has 5 heteroatoms. The van der Waals surface area contributed by atoms with Crippen molar-refractivity contribution in [2.24, 2.45) is 5.41 Å². The Labute approximate surface area is 106 Å². The predicted molar refractivity (Wildman–Crippen MR) is 67.5 cm³/mol. The number of hydrogen-bond acceptors (Lipinski definition) is 2. The molecule has 0 spiro atoms. The Hall–Kier alpha value is -0.215. The van der Waals surface area contributed by atoms with Crippen LogP contribution in [0, 0.1) is 5.41 Å². The van der Waals surface area contributed by atoms with E-state index in [1.54, 1.807) is 6.07 Å². The summed E-state index contributed by atoms with van der Waals surface area (Å²) in [6, 6.07) is 5.33. The first-order chi connectivity index (χ1) is 7.46. The van der Waals surface area contributed by atoms with Gasteiger partial charge in [-0.15, -0.1) is 0 Å². The Morgan fingerprint density at radius 2 is 1.56 bits per heavy atom. The van der Waals surface area contributed by atoms with E-state index >= 15 is 0 Å². The number of rotatable bonds is 1. The lowest BCUT2D eigenvalue weighted by Gasteiger charge is -2.33. The maximum atomic E-state index is 5.93. The van der Waals surface area contributed by atoms with Crippen LogP contribution in [0.1, 0.15) is 13.8 Å². The zero-order chi connectivity index (χ0) is 11.8. The largest absolute Gasteiger partial charge is 0.494 e. The Kier molecular flexibility index (Phi) is 3.50. The molecule has 1 aliphatic rings. The zero-order valence-corrected chi connectivity index (χ0v) is 10.8. The fourth-order valence-corrected chi connectivity index (χ4v) is 2.14. The molecular weight excluding hydrogens is 246 g/mol. The smallest absolute Gasteiger partial charge is 0.407 e. The van der Waals surface area contributed by atoms with Crippen molar-refractivity contribution in [2.45, 2.75) is 13.8 Å². The van der Waals surface area contributed by atoms with E-state index in [0.29, 0.717) is 23.3 Å². The summed E-state index contributed by atoms with van der Waals surface area (Å²) in [4.78, 5) is 0. The molecule has 1 heterocycles. The molecule has 2 nitrogen and oxygen atoms in total. The van der Waals surface area contributed by atoms with Gasteiger partial charge in [0.2, 0.25) is 0 Å². The van der Waals surface area contributed by atoms with Crippen LogP contribution in [0.3, 0.4) is 0 Å². The monoisotopic (exact) mass is 258 g/mol. The van der Waals surface area contributed by atoms with Crippen LogP contribution in [0.15, 0.2) is 18.2 Å². The second-order valence-electron chi connectivity index (χ2n) is 4.82. The summed E-state index contributed by atoms with van der Waals surface area (Å²) in [5, 5.41) is 1.19. The van der Waals surface area contributed by atoms with Crippen molar-refractivity contribution in [3.05, 3.63) is 28.2 Å². The van der Waals surface area contributed by atoms with Gasteiger partial charge >= 0.3 is 7.12 Å². The van der Waals surface area contributed by atoms with E-state index in [9.17, 15) is 0 Å². The first kappa shape index (κ1) is 12.2. The molecule has 1 saturated heterocycles. The summed E-state index contributed by atoms with van der Waals surface area (Å²) in [7, 11) is -0.357. The zero-order valence-electron chi connectivity index (χ0n) is 9.30. The van der Waals surface area contributed by atoms with Gasteiger partial charge in [0.1, 0.15) is 0 Å². The van der Waals surface area contributed by atoms with Gasteiger partial charge in [-0.1, -0.05) is 37.0 Å². The van der Waals surface area contributed by atoms with Crippen molar-refractivity contribution in [1.29, 1.82) is 0 Å². The van der Waals surface area contributed by atoms with Gasteiger partial charge in [-0.2, -0.15) is 0 Å². The average molecular weight is 259 g/mol. The van der Waals surface area contributed by atoms with Crippen molar-refractivity contribution < 1.29 is 9.31 Å². The SMILES string of the molecule is CC1(C)COB(c2cc(Cl)cc(Cl)c2)OC1. The fourth-order valence-electron chi connectivity index (χ4n) is 1.60. The number of hydrogen-bond donors (Lipinski definition) is 0. The predicted octanol–water partition coefficient (Wildman–Crippen LogP) is 2.76. The van der Waals surface area contributed by atoms with Gasteiger partial charge in [0.25, 0.3) is 0 Å². The molecule has 0 saturated carbocycles. The van der Waals surface area contributed by atoms with Gasteiger partial charge in [0.15, 0.2) is 0 Å². The van der Waals surface area contributed by atoms with Gasteiger partial charge in [-0.05, 0) is 23.7 Å². The second-order valence-corrected chi connectivity index (χ2v) is 5.69. The van der Waals surface area contributed by atoms with E-state index in [1.807, 2.05) is 12.1 Å². The molecule has 1 aromatic carbocycles. The van der Waals surface area contributed by atoms with Crippen LogP contribution in [0.5, 0.6) is 0 Å². The third-order valence-electron chi connectivity index (χ3n) is 2.41. The molecule has 0 N–H and O–H groups in total. The van der Waals surface area contributed by atoms with E-state index in [4.69, 9.17) is 32.5 Å². The Balaban J connectivity index is 2.14. The average Bonchev–Trinajstić information content (AvgIpc) is 2.15. The fraction of sp³-hybridized carbons (Fsp3) is 0.455. The Morgan fingerprint density at radius 3 is 2.06 bits per heavy atom. The minimum absolute atomic E-state index is 0.0683. The van der Waals surface area contributed by atoms with Gasteiger partial charge in [0.05, 0.1) is 0 Å². The van der Waals surface area contributed by atoms with Crippen LogP contribution in [0.4, 0.5) is 0 Å². The molecule has 0 bridgehead atoms. The van der Waals surface area contributed by atoms with Crippen LogP contribution in [-0.2, 0) is 9.31 Å². The van der Waals surface area contributed by atoms with Gasteiger partial charge < -0.3 is 9.31 Å². The third kappa shape index (κ3) is 2.92. The highest BCUT2D eigenvalue weighted by Gasteiger charge is 2.33. The molecule has 0 amide bonds. The van der Waals surface area contributed by atoms with Crippen LogP contribution in [-0.4, -0.2) is 20.3 Å². The normalized spacial score (nSPS) is 19.9. The van der Waals surface area contributed by atoms with Crippen molar-refractivity contribution >= 4 is 35.8 Å². The summed E-state index contributed by atoms with van der Waals surface area (Å²) in [5.74, 6) is 0. The molecule has 1 aliphatic heterocycles. The second kappa shape index (κ2) is 4.57. The molecule has 0 unspecified atom stereocenters. The lowest BCUT2D eigenvalue weighted by Crippen LogP contribution is -2.47. The molecule has 86 valence electrons. The molecule has 0 radical (unpaired) electrons. The van der Waals surface area contributed by atoms with E-state index in [2.05, 4.69) is 13.8 Å². The molecule has 0 aromatic heterocycles. The van der Waals surface area contributed by atoms with Crippen LogP contribution < -0.4 is 5.46 Å². The lowest BCUT2D eigenvalue weighted by atomic mass is 9.76. The van der Waals surface area contributed by atoms with Crippen molar-refractivity contribution in [3.63, 3.8) is 0 Å². The van der Waals surface area contributed by atoms with E-state index in [0.717, 1.165) is 5.46 Å². The highest BCUT2D eigenvalue weighted by molar-refractivity contribution is 6.62. The maximum absolute atomic E-state index is 5.93. The van der Waals surface area contributed by atoms with Crippen molar-refractivity contribution in [2.75, 3.05) is 13.2 Å². The van der Waals surface area contributed by atoms with Crippen LogP contribution >= 0.6 is 23.2 Å². The van der Waals surface area contributed by atoms with Crippen LogP contribution in [0.2, 0.25) is 10.0 Å². The summed E-state index contributed by atoms with van der Waals surface area (Å²) < 4.78 is 11.3. The summed E-state index contributed by atoms with van der Waals surface area (Å²) in [6.45, 7) is 5.55. The minimum atomic E-state index is -0.357. The van der Waals surface area contributed by atoms with Gasteiger partial charge in [-0.25, -0.2) is 0 Å². The van der Waals surface area contributed by atoms with E-state index in [1.165, 1.54) is 0 Å². The van der Waals surface area contributed by atoms with E-state index < -0.39 is 0 Å². The van der Waals surface area contributed by atoms with Gasteiger partial charge in [-0.3, -0.25) is 0 Å². The molecule has 1 fully saturated rings. The topological polar surface area (TPSA) is 18.5 Å². The first-order valence-electron chi connectivity index (χ1n) is 5.15. The lowest BCUT2D eigenvalue weighted by molar-refractivity contribution is 0.0343. The Morgan fingerprint density at radius 1 is 1.06 bits per heavy atom. The standard InChI is InChI=1S/C11H13BCl2O2/c1-11(2)6-15-12(16-7-11)8-3-9(13)5-10(14)4-8/h3-5H,6-7H2,1-2H3. The summed E-state index contributed by atoms with van der Waals surface area (Å²) >= 11 is 11.9. The molecule has 16 heavy (non-hydrogen) atoms. The van der Waals surface area contributed by atoms with Crippen molar-refractivity contribution in [3.8, 4) is 0 Å². The number of halogens is 2. The summed E-state index contributed by atoms with van der Waals surface area (Å²) in [5.41, 5.74) is 0.937. The van der Waals surface area contributed by atoms with E-state index in [-0.39, 0.29) is 12.5 Å². The third-order valence-corrected chi connectivity index (χ3v) is 2.84. The molecule has 0 aliphatic carbocycles. The minimum Gasteiger partial charge on any atom is -0.407 e. The Bertz CT molecular complexity index is 365. The molecule has 0 atom stereocenters. The molecular formula is C11H13BCl2O2. The molecule has 1 aromatic rings. The highest BCUT2D eigenvalue weighted by atomic mass is 35.5. The summed E-state index contributed by atoms with van der Waals surface area (Å²) in [6.07, 6.45) is 0.